The van der Waals surface area contributed by atoms with Crippen LogP contribution in [0.4, 0.5) is 0 Å². The summed E-state index contributed by atoms with van der Waals surface area (Å²) in [7, 11) is 0.952. The molecule has 1 fully saturated rings. The summed E-state index contributed by atoms with van der Waals surface area (Å²) < 4.78 is 12.2. The molecule has 0 radical (unpaired) electrons. The summed E-state index contributed by atoms with van der Waals surface area (Å²) >= 11 is 0. The van der Waals surface area contributed by atoms with Crippen molar-refractivity contribution in [2.45, 2.75) is 50.8 Å². The van der Waals surface area contributed by atoms with Gasteiger partial charge in [-0.3, -0.25) is 9.20 Å². The second-order valence-corrected chi connectivity index (χ2v) is 8.12. The number of guanidine groups is 1. The van der Waals surface area contributed by atoms with Crippen LogP contribution in [0.3, 0.4) is 0 Å². The average Bonchev–Trinajstić information content (AvgIpc) is 2.62. The van der Waals surface area contributed by atoms with Gasteiger partial charge in [0.15, 0.2) is 5.96 Å². The van der Waals surface area contributed by atoms with Crippen molar-refractivity contribution in [2.24, 2.45) is 10.9 Å². The highest BCUT2D eigenvalue weighted by molar-refractivity contribution is 7.84. The summed E-state index contributed by atoms with van der Waals surface area (Å²) in [5.74, 6) is 3.00. The summed E-state index contributed by atoms with van der Waals surface area (Å²) in [6.45, 7) is 2.97. The molecule has 0 saturated heterocycles. The van der Waals surface area contributed by atoms with Crippen LogP contribution in [0.5, 0.6) is 0 Å². The molecule has 1 aliphatic rings. The normalized spacial score (nSPS) is 22.8. The third-order valence-corrected chi connectivity index (χ3v) is 6.10. The van der Waals surface area contributed by atoms with Gasteiger partial charge >= 0.3 is 0 Å². The zero-order valence-corrected chi connectivity index (χ0v) is 15.8. The molecule has 2 rings (SSSR count). The Bertz CT molecular complexity index is 525. The predicted molar refractivity (Wildman–Crippen MR) is 104 cm³/mol. The van der Waals surface area contributed by atoms with Crippen molar-refractivity contribution < 1.29 is 4.21 Å². The molecule has 1 atom stereocenters. The molecule has 1 aromatic carbocycles. The van der Waals surface area contributed by atoms with Crippen molar-refractivity contribution in [3.05, 3.63) is 35.9 Å². The third kappa shape index (κ3) is 6.63. The van der Waals surface area contributed by atoms with Crippen LogP contribution in [0.15, 0.2) is 35.3 Å². The molecule has 4 nitrogen and oxygen atoms in total. The van der Waals surface area contributed by atoms with E-state index in [9.17, 15) is 4.21 Å². The zero-order valence-electron chi connectivity index (χ0n) is 15.0. The lowest BCUT2D eigenvalue weighted by atomic mass is 9.84. The molecule has 0 amide bonds. The summed E-state index contributed by atoms with van der Waals surface area (Å²) in [6, 6.07) is 10.5. The first-order valence-corrected chi connectivity index (χ1v) is 10.6. The molecule has 0 spiro atoms. The maximum atomic E-state index is 12.2. The lowest BCUT2D eigenvalue weighted by Crippen LogP contribution is -2.45. The lowest BCUT2D eigenvalue weighted by molar-refractivity contribution is 0.304. The van der Waals surface area contributed by atoms with Crippen molar-refractivity contribution in [1.82, 2.24) is 10.6 Å². The molecule has 2 N–H and O–H groups in total. The first kappa shape index (κ1) is 19.0. The summed E-state index contributed by atoms with van der Waals surface area (Å²) in [6.07, 6.45) is 6.36. The fraction of sp³-hybridized carbons (Fsp3) is 0.632. The molecular formula is C19H31N3OS. The summed E-state index contributed by atoms with van der Waals surface area (Å²) in [5, 5.41) is 6.82. The third-order valence-electron chi connectivity index (χ3n) is 4.78. The second-order valence-electron chi connectivity index (χ2n) is 6.54. The molecule has 1 aromatic rings. The van der Waals surface area contributed by atoms with Gasteiger partial charge in [0.05, 0.1) is 0 Å². The molecule has 5 heteroatoms. The monoisotopic (exact) mass is 349 g/mol. The van der Waals surface area contributed by atoms with E-state index >= 15 is 0 Å². The topological polar surface area (TPSA) is 53.5 Å². The van der Waals surface area contributed by atoms with Crippen molar-refractivity contribution in [1.29, 1.82) is 0 Å². The van der Waals surface area contributed by atoms with Gasteiger partial charge in [-0.15, -0.1) is 0 Å². The highest BCUT2D eigenvalue weighted by Gasteiger charge is 2.20. The number of nitrogens with zero attached hydrogens (tertiary/aromatic N) is 1. The quantitative estimate of drug-likeness (QED) is 0.587. The van der Waals surface area contributed by atoms with Crippen LogP contribution in [0.2, 0.25) is 0 Å². The fourth-order valence-electron chi connectivity index (χ4n) is 3.22. The summed E-state index contributed by atoms with van der Waals surface area (Å²) in [5.41, 5.74) is 1.13. The number of hydrogen-bond acceptors (Lipinski definition) is 2. The van der Waals surface area contributed by atoms with E-state index in [4.69, 9.17) is 0 Å². The van der Waals surface area contributed by atoms with Gasteiger partial charge in [0.1, 0.15) is 0 Å². The Hall–Kier alpha value is -1.36. The van der Waals surface area contributed by atoms with Crippen LogP contribution >= 0.6 is 0 Å². The standard InChI is InChI=1S/C19H31N3OS/c1-3-16-9-11-18(12-10-16)22-19(20-2)21-13-14-24(23)15-17-7-5-4-6-8-17/h4-8,16,18H,3,9-15H2,1-2H3,(H2,20,21,22). The first-order chi connectivity index (χ1) is 11.7. The molecular weight excluding hydrogens is 318 g/mol. The van der Waals surface area contributed by atoms with Crippen LogP contribution in [-0.2, 0) is 16.6 Å². The minimum absolute atomic E-state index is 0.522. The van der Waals surface area contributed by atoms with Gasteiger partial charge in [-0.25, -0.2) is 0 Å². The van der Waals surface area contributed by atoms with Crippen LogP contribution < -0.4 is 10.6 Å². The maximum Gasteiger partial charge on any atom is 0.191 e. The number of nitrogens with one attached hydrogen (secondary N) is 2. The fourth-order valence-corrected chi connectivity index (χ4v) is 4.26. The predicted octanol–water partition coefficient (Wildman–Crippen LogP) is 3.07. The van der Waals surface area contributed by atoms with Crippen molar-refractivity contribution >= 4 is 16.8 Å². The Kier molecular flexibility index (Phi) is 8.29. The number of rotatable bonds is 7. The number of aliphatic imine (C=N–C) groups is 1. The number of hydrogen-bond donors (Lipinski definition) is 2. The lowest BCUT2D eigenvalue weighted by Gasteiger charge is -2.29. The van der Waals surface area contributed by atoms with Gasteiger partial charge in [0.2, 0.25) is 0 Å². The SMILES string of the molecule is CCC1CCC(NC(=NC)NCCS(=O)Cc2ccccc2)CC1. The molecule has 1 aliphatic carbocycles. The molecule has 0 bridgehead atoms. The van der Waals surface area contributed by atoms with E-state index in [0.29, 0.717) is 24.1 Å². The maximum absolute atomic E-state index is 12.2. The minimum atomic E-state index is -0.847. The Morgan fingerprint density at radius 2 is 1.92 bits per heavy atom. The van der Waals surface area contributed by atoms with Crippen molar-refractivity contribution in [3.63, 3.8) is 0 Å². The van der Waals surface area contributed by atoms with Gasteiger partial charge < -0.3 is 10.6 Å². The van der Waals surface area contributed by atoms with E-state index in [-0.39, 0.29) is 0 Å². The molecule has 1 saturated carbocycles. The van der Waals surface area contributed by atoms with Crippen molar-refractivity contribution in [3.8, 4) is 0 Å². The average molecular weight is 350 g/mol. The van der Waals surface area contributed by atoms with Gasteiger partial charge in [0.25, 0.3) is 0 Å². The van der Waals surface area contributed by atoms with Crippen molar-refractivity contribution in [2.75, 3.05) is 19.3 Å². The second kappa shape index (κ2) is 10.5. The molecule has 0 aromatic heterocycles. The Labute approximate surface area is 149 Å². The molecule has 24 heavy (non-hydrogen) atoms. The van der Waals surface area contributed by atoms with E-state index in [1.165, 1.54) is 32.1 Å². The number of benzene rings is 1. The highest BCUT2D eigenvalue weighted by atomic mass is 32.2. The van der Waals surface area contributed by atoms with Gasteiger partial charge in [-0.05, 0) is 37.2 Å². The van der Waals surface area contributed by atoms with E-state index in [1.807, 2.05) is 30.3 Å². The minimum Gasteiger partial charge on any atom is -0.355 e. The highest BCUT2D eigenvalue weighted by Crippen LogP contribution is 2.26. The van der Waals surface area contributed by atoms with Crippen LogP contribution in [0.1, 0.15) is 44.6 Å². The molecule has 0 aliphatic heterocycles. The van der Waals surface area contributed by atoms with Gasteiger partial charge in [-0.1, -0.05) is 43.7 Å². The molecule has 134 valence electrons. The Morgan fingerprint density at radius 1 is 1.21 bits per heavy atom. The largest absolute Gasteiger partial charge is 0.355 e. The van der Waals surface area contributed by atoms with E-state index in [2.05, 4.69) is 22.5 Å². The smallest absolute Gasteiger partial charge is 0.191 e. The van der Waals surface area contributed by atoms with Crippen LogP contribution in [0.25, 0.3) is 0 Å². The Balaban J connectivity index is 1.65. The van der Waals surface area contributed by atoms with Gasteiger partial charge in [0, 0.05) is 41.9 Å². The van der Waals surface area contributed by atoms with E-state index in [1.54, 1.807) is 7.05 Å². The summed E-state index contributed by atoms with van der Waals surface area (Å²) in [4.78, 5) is 4.30. The zero-order chi connectivity index (χ0) is 17.2. The van der Waals surface area contributed by atoms with Gasteiger partial charge in [-0.2, -0.15) is 0 Å². The van der Waals surface area contributed by atoms with Crippen LogP contribution in [0, 0.1) is 5.92 Å². The molecule has 0 heterocycles. The molecule has 1 unspecified atom stereocenters. The van der Waals surface area contributed by atoms with E-state index < -0.39 is 10.8 Å². The van der Waals surface area contributed by atoms with E-state index in [0.717, 1.165) is 17.4 Å². The first-order valence-electron chi connectivity index (χ1n) is 9.07. The Morgan fingerprint density at radius 3 is 2.54 bits per heavy atom. The van der Waals surface area contributed by atoms with Crippen LogP contribution in [-0.4, -0.2) is 35.6 Å².